The average Bonchev–Trinajstić information content (AvgIpc) is 3.64. The van der Waals surface area contributed by atoms with Gasteiger partial charge in [-0.3, -0.25) is 4.99 Å². The van der Waals surface area contributed by atoms with E-state index in [1.165, 1.54) is 86.1 Å². The molecular formula is C42H28N2S. The highest BCUT2D eigenvalue weighted by Crippen LogP contribution is 2.49. The van der Waals surface area contributed by atoms with E-state index in [4.69, 9.17) is 0 Å². The molecule has 0 aliphatic carbocycles. The second-order valence-electron chi connectivity index (χ2n) is 11.6. The van der Waals surface area contributed by atoms with Gasteiger partial charge in [-0.15, -0.1) is 11.3 Å². The molecule has 0 radical (unpaired) electrons. The van der Waals surface area contributed by atoms with Crippen molar-refractivity contribution in [1.82, 2.24) is 4.57 Å². The maximum Gasteiger partial charge on any atom is 0.114 e. The van der Waals surface area contributed by atoms with Crippen molar-refractivity contribution in [2.24, 2.45) is 4.99 Å². The van der Waals surface area contributed by atoms with E-state index in [2.05, 4.69) is 162 Å². The van der Waals surface area contributed by atoms with Gasteiger partial charge in [-0.2, -0.15) is 0 Å². The Balaban J connectivity index is 1.50. The van der Waals surface area contributed by atoms with E-state index in [0.29, 0.717) is 6.67 Å². The molecule has 0 spiro atoms. The topological polar surface area (TPSA) is 17.3 Å². The minimum Gasteiger partial charge on any atom is -0.320 e. The normalized spacial score (nSPS) is 11.7. The van der Waals surface area contributed by atoms with Crippen LogP contribution < -0.4 is 0 Å². The molecule has 0 aliphatic heterocycles. The average molecular weight is 593 g/mol. The summed E-state index contributed by atoms with van der Waals surface area (Å²) in [6.45, 7) is 4.43. The van der Waals surface area contributed by atoms with Crippen molar-refractivity contribution in [2.75, 3.05) is 0 Å². The molecule has 0 saturated carbocycles. The van der Waals surface area contributed by atoms with Crippen LogP contribution in [0.15, 0.2) is 151 Å². The lowest BCUT2D eigenvalue weighted by atomic mass is 9.92. The molecule has 0 N–H and O–H groups in total. The van der Waals surface area contributed by atoms with Crippen molar-refractivity contribution in [1.29, 1.82) is 0 Å². The van der Waals surface area contributed by atoms with Gasteiger partial charge < -0.3 is 4.57 Å². The van der Waals surface area contributed by atoms with Crippen molar-refractivity contribution in [3.63, 3.8) is 0 Å². The molecule has 0 unspecified atom stereocenters. The third-order valence-corrected chi connectivity index (χ3v) is 10.3. The molecule has 0 amide bonds. The zero-order chi connectivity index (χ0) is 29.9. The fourth-order valence-corrected chi connectivity index (χ4v) is 8.43. The summed E-state index contributed by atoms with van der Waals surface area (Å²) in [5.74, 6) is 0. The minimum absolute atomic E-state index is 0.481. The molecule has 45 heavy (non-hydrogen) atoms. The van der Waals surface area contributed by atoms with Gasteiger partial charge in [0.2, 0.25) is 0 Å². The molecule has 9 aromatic rings. The van der Waals surface area contributed by atoms with Crippen LogP contribution in [0.1, 0.15) is 0 Å². The molecule has 7 aromatic carbocycles. The Kier molecular flexibility index (Phi) is 5.93. The van der Waals surface area contributed by atoms with Crippen LogP contribution in [-0.2, 0) is 6.67 Å². The van der Waals surface area contributed by atoms with Gasteiger partial charge >= 0.3 is 0 Å². The van der Waals surface area contributed by atoms with Crippen LogP contribution in [0.4, 0.5) is 0 Å². The Morgan fingerprint density at radius 2 is 1.22 bits per heavy atom. The maximum absolute atomic E-state index is 4.46. The Morgan fingerprint density at radius 1 is 0.533 bits per heavy atom. The Labute approximate surface area is 265 Å². The van der Waals surface area contributed by atoms with Gasteiger partial charge in [0.25, 0.3) is 0 Å². The lowest BCUT2D eigenvalue weighted by Gasteiger charge is -2.11. The zero-order valence-electron chi connectivity index (χ0n) is 24.6. The van der Waals surface area contributed by atoms with Gasteiger partial charge in [0.1, 0.15) is 6.67 Å². The van der Waals surface area contributed by atoms with Crippen LogP contribution in [0, 0.1) is 0 Å². The van der Waals surface area contributed by atoms with E-state index in [0.717, 1.165) is 0 Å². The quantitative estimate of drug-likeness (QED) is 0.177. The van der Waals surface area contributed by atoms with Crippen LogP contribution in [0.5, 0.6) is 0 Å². The predicted octanol–water partition coefficient (Wildman–Crippen LogP) is 12.0. The van der Waals surface area contributed by atoms with Crippen LogP contribution in [0.2, 0.25) is 0 Å². The molecule has 0 saturated heterocycles. The van der Waals surface area contributed by atoms with Gasteiger partial charge in [-0.25, -0.2) is 0 Å². The van der Waals surface area contributed by atoms with Crippen molar-refractivity contribution in [3.8, 4) is 33.4 Å². The van der Waals surface area contributed by atoms with Crippen molar-refractivity contribution < 1.29 is 0 Å². The summed E-state index contributed by atoms with van der Waals surface area (Å²) in [4.78, 5) is 4.46. The van der Waals surface area contributed by atoms with Crippen molar-refractivity contribution in [2.45, 2.75) is 6.67 Å². The number of thiophene rings is 1. The summed E-state index contributed by atoms with van der Waals surface area (Å²) in [5, 5.41) is 7.56. The third-order valence-electron chi connectivity index (χ3n) is 9.10. The van der Waals surface area contributed by atoms with E-state index in [9.17, 15) is 0 Å². The van der Waals surface area contributed by atoms with Crippen LogP contribution in [0.25, 0.3) is 86.1 Å². The fraction of sp³-hybridized carbons (Fsp3) is 0.0238. The summed E-state index contributed by atoms with van der Waals surface area (Å²) in [6.07, 6.45) is 0. The highest BCUT2D eigenvalue weighted by molar-refractivity contribution is 7.26. The second-order valence-corrected chi connectivity index (χ2v) is 12.6. The number of hydrogen-bond donors (Lipinski definition) is 0. The zero-order valence-corrected chi connectivity index (χ0v) is 25.4. The smallest absolute Gasteiger partial charge is 0.114 e. The maximum atomic E-state index is 4.46. The van der Waals surface area contributed by atoms with Crippen molar-refractivity contribution >= 4 is 70.8 Å². The number of rotatable bonds is 5. The number of aliphatic imine (C=N–C) groups is 1. The van der Waals surface area contributed by atoms with Crippen molar-refractivity contribution in [3.05, 3.63) is 146 Å². The number of benzene rings is 7. The molecule has 0 atom stereocenters. The molecule has 0 fully saturated rings. The van der Waals surface area contributed by atoms with E-state index in [1.807, 2.05) is 11.3 Å². The third kappa shape index (κ3) is 3.98. The first-order valence-electron chi connectivity index (χ1n) is 15.3. The van der Waals surface area contributed by atoms with Gasteiger partial charge in [-0.05, 0) is 69.1 Å². The molecule has 2 heterocycles. The number of aromatic nitrogens is 1. The lowest BCUT2D eigenvalue weighted by molar-refractivity contribution is 0.801. The standard InChI is InChI=1S/C42H28N2S/c1-43-26-44-37-23-22-30(27-12-4-2-5-13-27)24-36(37)39-35(33-20-10-17-28-16-8-9-18-31(28)33)25-38-40(41(39)44)34-21-11-19-32(42(34)45-38)29-14-6-3-7-15-29/h2-25H,1,26H2. The molecular weight excluding hydrogens is 565 g/mol. The first-order chi connectivity index (χ1) is 22.3. The highest BCUT2D eigenvalue weighted by Gasteiger charge is 2.23. The minimum atomic E-state index is 0.481. The van der Waals surface area contributed by atoms with Gasteiger partial charge in [0.05, 0.1) is 11.0 Å². The summed E-state index contributed by atoms with van der Waals surface area (Å²) in [6, 6.07) is 52.9. The van der Waals surface area contributed by atoms with Gasteiger partial charge in [-0.1, -0.05) is 127 Å². The number of hydrogen-bond acceptors (Lipinski definition) is 2. The van der Waals surface area contributed by atoms with E-state index >= 15 is 0 Å². The SMILES string of the molecule is C=NCn1c2ccc(-c3ccccc3)cc2c2c(-c3cccc4ccccc34)cc3sc4c(-c5ccccc5)cccc4c3c21. The summed E-state index contributed by atoms with van der Waals surface area (Å²) < 4.78 is 4.97. The second kappa shape index (κ2) is 10.3. The first-order valence-corrected chi connectivity index (χ1v) is 16.1. The molecule has 9 rings (SSSR count). The number of fused-ring (bicyclic) bond motifs is 8. The Hall–Kier alpha value is -5.51. The Morgan fingerprint density at radius 3 is 2.04 bits per heavy atom. The van der Waals surface area contributed by atoms with E-state index in [-0.39, 0.29) is 0 Å². The summed E-state index contributed by atoms with van der Waals surface area (Å²) in [5.41, 5.74) is 9.81. The highest BCUT2D eigenvalue weighted by atomic mass is 32.1. The van der Waals surface area contributed by atoms with Crippen LogP contribution >= 0.6 is 11.3 Å². The van der Waals surface area contributed by atoms with Crippen LogP contribution in [-0.4, -0.2) is 11.3 Å². The van der Waals surface area contributed by atoms with Gasteiger partial charge in [0.15, 0.2) is 0 Å². The largest absolute Gasteiger partial charge is 0.320 e. The Bertz CT molecular complexity index is 2570. The van der Waals surface area contributed by atoms with Gasteiger partial charge in [0, 0.05) is 30.9 Å². The van der Waals surface area contributed by atoms with E-state index < -0.39 is 0 Å². The molecule has 2 nitrogen and oxygen atoms in total. The summed E-state index contributed by atoms with van der Waals surface area (Å²) in [7, 11) is 0. The molecule has 3 heteroatoms. The monoisotopic (exact) mass is 592 g/mol. The fourth-order valence-electron chi connectivity index (χ4n) is 7.15. The van der Waals surface area contributed by atoms with Crippen LogP contribution in [0.3, 0.4) is 0 Å². The molecule has 0 aliphatic rings. The number of nitrogens with zero attached hydrogens (tertiary/aromatic N) is 2. The summed E-state index contributed by atoms with van der Waals surface area (Å²) >= 11 is 1.89. The molecule has 212 valence electrons. The van der Waals surface area contributed by atoms with E-state index in [1.54, 1.807) is 0 Å². The predicted molar refractivity (Wildman–Crippen MR) is 196 cm³/mol. The molecule has 2 aromatic heterocycles. The molecule has 0 bridgehead atoms. The lowest BCUT2D eigenvalue weighted by Crippen LogP contribution is -1.95. The first kappa shape index (κ1) is 25.9.